The fraction of sp³-hybridized carbons (Fsp3) is 0.333. The summed E-state index contributed by atoms with van der Waals surface area (Å²) in [5, 5.41) is 7.57. The molecule has 1 radical (unpaired) electrons. The Balaban J connectivity index is 2.10. The molecule has 4 rings (SSSR count). The molecular weight excluding hydrogens is 318 g/mol. The lowest BCUT2D eigenvalue weighted by Gasteiger charge is -2.27. The first kappa shape index (κ1) is 17.1. The van der Waals surface area contributed by atoms with Gasteiger partial charge in [-0.05, 0) is 64.7 Å². The summed E-state index contributed by atoms with van der Waals surface area (Å²) in [6, 6.07) is 17.6. The first-order valence-electron chi connectivity index (χ1n) is 9.25. The molecule has 0 saturated heterocycles. The third-order valence-corrected chi connectivity index (χ3v) is 4.84. The second-order valence-electron chi connectivity index (χ2n) is 9.17. The maximum atomic E-state index is 5.87. The van der Waals surface area contributed by atoms with Crippen LogP contribution in [0.15, 0.2) is 48.5 Å². The van der Waals surface area contributed by atoms with E-state index in [1.165, 1.54) is 37.9 Å². The lowest BCUT2D eigenvalue weighted by Crippen LogP contribution is -2.24. The van der Waals surface area contributed by atoms with E-state index in [0.29, 0.717) is 0 Å². The van der Waals surface area contributed by atoms with Crippen LogP contribution in [0.2, 0.25) is 0 Å². The highest BCUT2D eigenvalue weighted by atomic mass is 16.7. The van der Waals surface area contributed by atoms with Crippen LogP contribution >= 0.6 is 0 Å². The van der Waals surface area contributed by atoms with Crippen LogP contribution in [0.3, 0.4) is 0 Å². The van der Waals surface area contributed by atoms with E-state index in [0.717, 1.165) is 5.69 Å². The molecule has 26 heavy (non-hydrogen) atoms. The molecule has 0 fully saturated rings. The molecule has 0 spiro atoms. The van der Waals surface area contributed by atoms with Crippen LogP contribution in [0.4, 0.5) is 5.69 Å². The van der Waals surface area contributed by atoms with Crippen molar-refractivity contribution >= 4 is 38.0 Å². The molecule has 0 aliphatic carbocycles. The van der Waals surface area contributed by atoms with E-state index in [9.17, 15) is 0 Å². The Morgan fingerprint density at radius 1 is 0.731 bits per heavy atom. The van der Waals surface area contributed by atoms with Crippen molar-refractivity contribution in [3.8, 4) is 0 Å². The summed E-state index contributed by atoms with van der Waals surface area (Å²) in [5.41, 5.74) is 6.48. The van der Waals surface area contributed by atoms with Gasteiger partial charge in [0.05, 0.1) is 5.60 Å². The van der Waals surface area contributed by atoms with E-state index >= 15 is 0 Å². The van der Waals surface area contributed by atoms with Gasteiger partial charge >= 0.3 is 0 Å². The molecule has 2 heteroatoms. The standard InChI is InChI=1S/C24H26NO/c1-23(2,3)19-14-17-11-10-15-8-7-9-16-12-13-18(21(17)20(15)16)22(19)25-26-24(4,5)6/h7-14H,1-6H3. The van der Waals surface area contributed by atoms with E-state index in [1.54, 1.807) is 0 Å². The Morgan fingerprint density at radius 2 is 1.35 bits per heavy atom. The van der Waals surface area contributed by atoms with E-state index in [1.807, 2.05) is 20.8 Å². The third-order valence-electron chi connectivity index (χ3n) is 4.84. The van der Waals surface area contributed by atoms with Crippen LogP contribution in [0, 0.1) is 0 Å². The molecule has 0 amide bonds. The predicted molar refractivity (Wildman–Crippen MR) is 111 cm³/mol. The van der Waals surface area contributed by atoms with Gasteiger partial charge in [0.1, 0.15) is 5.69 Å². The van der Waals surface area contributed by atoms with Crippen LogP contribution in [0.1, 0.15) is 47.1 Å². The monoisotopic (exact) mass is 344 g/mol. The van der Waals surface area contributed by atoms with Crippen LogP contribution in [0.25, 0.3) is 32.3 Å². The molecule has 0 aliphatic rings. The van der Waals surface area contributed by atoms with E-state index in [-0.39, 0.29) is 11.0 Å². The molecule has 4 aromatic carbocycles. The van der Waals surface area contributed by atoms with Gasteiger partial charge in [0.2, 0.25) is 0 Å². The summed E-state index contributed by atoms with van der Waals surface area (Å²) < 4.78 is 0. The Labute approximate surface area is 155 Å². The number of hydrogen-bond acceptors (Lipinski definition) is 1. The van der Waals surface area contributed by atoms with Gasteiger partial charge in [-0.1, -0.05) is 63.2 Å². The van der Waals surface area contributed by atoms with Crippen molar-refractivity contribution < 1.29 is 4.84 Å². The first-order valence-corrected chi connectivity index (χ1v) is 9.25. The molecule has 0 heterocycles. The molecule has 0 aliphatic heterocycles. The minimum Gasteiger partial charge on any atom is -0.246 e. The molecule has 4 aromatic rings. The van der Waals surface area contributed by atoms with E-state index < -0.39 is 0 Å². The second kappa shape index (κ2) is 5.59. The minimum absolute atomic E-state index is 0.0233. The van der Waals surface area contributed by atoms with E-state index in [2.05, 4.69) is 74.8 Å². The van der Waals surface area contributed by atoms with Crippen LogP contribution in [-0.2, 0) is 10.3 Å². The summed E-state index contributed by atoms with van der Waals surface area (Å²) in [7, 11) is 0. The summed E-state index contributed by atoms with van der Waals surface area (Å²) in [6.07, 6.45) is 0. The summed E-state index contributed by atoms with van der Waals surface area (Å²) >= 11 is 0. The van der Waals surface area contributed by atoms with Gasteiger partial charge in [-0.3, -0.25) is 0 Å². The molecule has 0 unspecified atom stereocenters. The molecular formula is C24H26NO. The van der Waals surface area contributed by atoms with Gasteiger partial charge in [0.25, 0.3) is 0 Å². The fourth-order valence-corrected chi connectivity index (χ4v) is 3.65. The molecule has 133 valence electrons. The Hall–Kier alpha value is -2.32. The lowest BCUT2D eigenvalue weighted by molar-refractivity contribution is -0.0545. The number of nitrogens with zero attached hydrogens (tertiary/aromatic N) is 1. The Kier molecular flexibility index (Phi) is 3.68. The first-order chi connectivity index (χ1) is 12.1. The van der Waals surface area contributed by atoms with Gasteiger partial charge in [-0.25, -0.2) is 4.84 Å². The van der Waals surface area contributed by atoms with Crippen LogP contribution in [-0.4, -0.2) is 5.60 Å². The second-order valence-corrected chi connectivity index (χ2v) is 9.17. The molecule has 0 atom stereocenters. The highest BCUT2D eigenvalue weighted by Gasteiger charge is 2.25. The Morgan fingerprint density at radius 3 is 1.96 bits per heavy atom. The number of rotatable bonds is 2. The van der Waals surface area contributed by atoms with Gasteiger partial charge < -0.3 is 0 Å². The van der Waals surface area contributed by atoms with Crippen molar-refractivity contribution in [2.24, 2.45) is 0 Å². The number of benzene rings is 4. The molecule has 0 bridgehead atoms. The van der Waals surface area contributed by atoms with Crippen molar-refractivity contribution in [1.82, 2.24) is 5.48 Å². The average Bonchev–Trinajstić information content (AvgIpc) is 2.56. The zero-order chi connectivity index (χ0) is 18.7. The van der Waals surface area contributed by atoms with Crippen molar-refractivity contribution in [2.45, 2.75) is 52.6 Å². The van der Waals surface area contributed by atoms with Crippen molar-refractivity contribution in [3.63, 3.8) is 0 Å². The van der Waals surface area contributed by atoms with Gasteiger partial charge in [-0.2, -0.15) is 0 Å². The summed E-state index contributed by atoms with van der Waals surface area (Å²) in [5.74, 6) is 0. The lowest BCUT2D eigenvalue weighted by atomic mass is 9.82. The van der Waals surface area contributed by atoms with Crippen molar-refractivity contribution in [3.05, 3.63) is 54.1 Å². The average molecular weight is 344 g/mol. The molecule has 2 nitrogen and oxygen atoms in total. The molecule has 0 aromatic heterocycles. The normalized spacial score (nSPS) is 13.2. The van der Waals surface area contributed by atoms with Crippen LogP contribution in [0.5, 0.6) is 0 Å². The van der Waals surface area contributed by atoms with E-state index in [4.69, 9.17) is 4.84 Å². The molecule has 0 saturated carbocycles. The largest absolute Gasteiger partial charge is 0.246 e. The number of hydrogen-bond donors (Lipinski definition) is 0. The SMILES string of the molecule is CC(C)(C)O[N]c1c(C(C)(C)C)cc2ccc3cccc4ccc1c2c34. The van der Waals surface area contributed by atoms with Gasteiger partial charge in [-0.15, -0.1) is 5.48 Å². The maximum Gasteiger partial charge on any atom is 0.102 e. The fourth-order valence-electron chi connectivity index (χ4n) is 3.65. The zero-order valence-electron chi connectivity index (χ0n) is 16.5. The summed E-state index contributed by atoms with van der Waals surface area (Å²) in [6.45, 7) is 12.8. The topological polar surface area (TPSA) is 23.3 Å². The third kappa shape index (κ3) is 2.79. The van der Waals surface area contributed by atoms with Crippen molar-refractivity contribution in [2.75, 3.05) is 0 Å². The quantitative estimate of drug-likeness (QED) is 0.288. The highest BCUT2D eigenvalue weighted by molar-refractivity contribution is 6.25. The van der Waals surface area contributed by atoms with Gasteiger partial charge in [0.15, 0.2) is 0 Å². The summed E-state index contributed by atoms with van der Waals surface area (Å²) in [4.78, 5) is 5.87. The van der Waals surface area contributed by atoms with Crippen LogP contribution < -0.4 is 5.48 Å². The Bertz CT molecular complexity index is 1080. The van der Waals surface area contributed by atoms with Gasteiger partial charge in [0, 0.05) is 5.39 Å². The molecule has 0 N–H and O–H groups in total. The zero-order valence-corrected chi connectivity index (χ0v) is 16.5. The predicted octanol–water partition coefficient (Wildman–Crippen LogP) is 6.85. The minimum atomic E-state index is -0.320. The van der Waals surface area contributed by atoms with Crippen molar-refractivity contribution in [1.29, 1.82) is 0 Å². The maximum absolute atomic E-state index is 5.87. The smallest absolute Gasteiger partial charge is 0.102 e. The highest BCUT2D eigenvalue weighted by Crippen LogP contribution is 2.43.